The van der Waals surface area contributed by atoms with Gasteiger partial charge in [0.1, 0.15) is 6.00 Å². The molecule has 1 rings (SSSR count). The first-order valence-electron chi connectivity index (χ1n) is 2.77. The van der Waals surface area contributed by atoms with Gasteiger partial charge in [-0.1, -0.05) is 0 Å². The fourth-order valence-corrected chi connectivity index (χ4v) is 0.713. The van der Waals surface area contributed by atoms with Crippen LogP contribution in [0.25, 0.3) is 0 Å². The minimum atomic E-state index is 0.0473. The van der Waals surface area contributed by atoms with Crippen LogP contribution >= 0.6 is 11.6 Å². The molecule has 0 aliphatic carbocycles. The number of alkyl halides is 1. The van der Waals surface area contributed by atoms with E-state index in [0.717, 1.165) is 5.06 Å². The number of aromatic nitrogens is 1. The zero-order chi connectivity index (χ0) is 7.40. The summed E-state index contributed by atoms with van der Waals surface area (Å²) in [7, 11) is 0. The molecule has 0 saturated carbocycles. The standard InChI is InChI=1S/C6H7ClN2O/c7-5-9(10)6-2-1-3-8-4-6/h1-4,10H,5H2. The van der Waals surface area contributed by atoms with Gasteiger partial charge in [0.25, 0.3) is 0 Å². The zero-order valence-electron chi connectivity index (χ0n) is 5.24. The summed E-state index contributed by atoms with van der Waals surface area (Å²) in [5.74, 6) is 0. The predicted molar refractivity (Wildman–Crippen MR) is 39.2 cm³/mol. The van der Waals surface area contributed by atoms with Crippen LogP contribution in [0.3, 0.4) is 0 Å². The van der Waals surface area contributed by atoms with E-state index in [1.54, 1.807) is 18.3 Å². The maximum atomic E-state index is 8.99. The minimum Gasteiger partial charge on any atom is -0.287 e. The molecule has 0 atom stereocenters. The summed E-state index contributed by atoms with van der Waals surface area (Å²) in [5, 5.41) is 9.90. The highest BCUT2D eigenvalue weighted by atomic mass is 35.5. The summed E-state index contributed by atoms with van der Waals surface area (Å²) in [6.45, 7) is 0. The summed E-state index contributed by atoms with van der Waals surface area (Å²) in [4.78, 5) is 3.79. The summed E-state index contributed by atoms with van der Waals surface area (Å²) in [6, 6.07) is 3.49. The Morgan fingerprint density at radius 1 is 1.70 bits per heavy atom. The SMILES string of the molecule is ON(CCl)c1cccnc1. The van der Waals surface area contributed by atoms with E-state index >= 15 is 0 Å². The Morgan fingerprint density at radius 2 is 2.50 bits per heavy atom. The molecular weight excluding hydrogens is 152 g/mol. The Hall–Kier alpha value is -0.800. The van der Waals surface area contributed by atoms with Gasteiger partial charge in [-0.05, 0) is 12.1 Å². The molecule has 0 aromatic carbocycles. The molecule has 0 amide bonds. The molecule has 1 aromatic heterocycles. The largest absolute Gasteiger partial charge is 0.287 e. The van der Waals surface area contributed by atoms with Crippen molar-refractivity contribution in [2.24, 2.45) is 0 Å². The van der Waals surface area contributed by atoms with E-state index in [9.17, 15) is 0 Å². The molecule has 0 radical (unpaired) electrons. The van der Waals surface area contributed by atoms with Crippen LogP contribution in [0.2, 0.25) is 0 Å². The van der Waals surface area contributed by atoms with Crippen LogP contribution < -0.4 is 5.06 Å². The van der Waals surface area contributed by atoms with Gasteiger partial charge in [0, 0.05) is 6.20 Å². The Labute approximate surface area is 63.8 Å². The third kappa shape index (κ3) is 1.59. The van der Waals surface area contributed by atoms with Crippen molar-refractivity contribution in [1.29, 1.82) is 0 Å². The number of halogens is 1. The normalized spacial score (nSPS) is 9.40. The lowest BCUT2D eigenvalue weighted by molar-refractivity contribution is 0.272. The van der Waals surface area contributed by atoms with Gasteiger partial charge in [-0.2, -0.15) is 0 Å². The number of hydrogen-bond acceptors (Lipinski definition) is 3. The van der Waals surface area contributed by atoms with Crippen LogP contribution in [0.15, 0.2) is 24.5 Å². The van der Waals surface area contributed by atoms with Gasteiger partial charge < -0.3 is 0 Å². The first-order valence-corrected chi connectivity index (χ1v) is 3.30. The number of hydroxylamine groups is 1. The van der Waals surface area contributed by atoms with Crippen molar-refractivity contribution in [2.75, 3.05) is 11.1 Å². The summed E-state index contributed by atoms with van der Waals surface area (Å²) in [5.41, 5.74) is 0.595. The molecule has 54 valence electrons. The van der Waals surface area contributed by atoms with E-state index in [2.05, 4.69) is 4.98 Å². The third-order valence-corrected chi connectivity index (χ3v) is 1.28. The molecule has 0 unspecified atom stereocenters. The molecule has 0 spiro atoms. The average molecular weight is 159 g/mol. The van der Waals surface area contributed by atoms with Crippen LogP contribution in [0, 0.1) is 0 Å². The molecule has 10 heavy (non-hydrogen) atoms. The molecule has 1 aromatic rings. The van der Waals surface area contributed by atoms with E-state index in [1.165, 1.54) is 6.20 Å². The van der Waals surface area contributed by atoms with Gasteiger partial charge >= 0.3 is 0 Å². The topological polar surface area (TPSA) is 36.4 Å². The van der Waals surface area contributed by atoms with Crippen molar-refractivity contribution in [3.8, 4) is 0 Å². The highest BCUT2D eigenvalue weighted by Gasteiger charge is 1.97. The Balaban J connectivity index is 2.75. The predicted octanol–water partition coefficient (Wildman–Crippen LogP) is 1.47. The highest BCUT2D eigenvalue weighted by Crippen LogP contribution is 2.08. The molecule has 3 nitrogen and oxygen atoms in total. The Morgan fingerprint density at radius 3 is 3.00 bits per heavy atom. The lowest BCUT2D eigenvalue weighted by Gasteiger charge is -2.10. The van der Waals surface area contributed by atoms with Crippen molar-refractivity contribution >= 4 is 17.3 Å². The average Bonchev–Trinajstić information content (AvgIpc) is 2.05. The van der Waals surface area contributed by atoms with E-state index in [-0.39, 0.29) is 6.00 Å². The van der Waals surface area contributed by atoms with Gasteiger partial charge in [0.05, 0.1) is 11.9 Å². The Bertz CT molecular complexity index is 192. The van der Waals surface area contributed by atoms with Gasteiger partial charge in [-0.25, -0.2) is 5.06 Å². The molecular formula is C6H7ClN2O. The molecule has 1 heterocycles. The van der Waals surface area contributed by atoms with E-state index in [1.807, 2.05) is 0 Å². The number of nitrogens with zero attached hydrogens (tertiary/aromatic N) is 2. The molecule has 0 aliphatic rings. The third-order valence-electron chi connectivity index (χ3n) is 1.06. The maximum absolute atomic E-state index is 8.99. The van der Waals surface area contributed by atoms with Crippen LogP contribution in [-0.4, -0.2) is 16.2 Å². The number of hydrogen-bond donors (Lipinski definition) is 1. The van der Waals surface area contributed by atoms with Crippen LogP contribution in [0.4, 0.5) is 5.69 Å². The summed E-state index contributed by atoms with van der Waals surface area (Å²) < 4.78 is 0. The second kappa shape index (κ2) is 3.39. The molecule has 4 heteroatoms. The van der Waals surface area contributed by atoms with Crippen LogP contribution in [0.1, 0.15) is 0 Å². The summed E-state index contributed by atoms with van der Waals surface area (Å²) >= 11 is 5.33. The first kappa shape index (κ1) is 7.31. The second-order valence-corrected chi connectivity index (χ2v) is 1.97. The van der Waals surface area contributed by atoms with Crippen LogP contribution in [0.5, 0.6) is 0 Å². The molecule has 1 N–H and O–H groups in total. The van der Waals surface area contributed by atoms with Gasteiger partial charge in [-0.15, -0.1) is 11.6 Å². The van der Waals surface area contributed by atoms with E-state index < -0.39 is 0 Å². The monoisotopic (exact) mass is 158 g/mol. The fraction of sp³-hybridized carbons (Fsp3) is 0.167. The van der Waals surface area contributed by atoms with E-state index in [0.29, 0.717) is 5.69 Å². The first-order chi connectivity index (χ1) is 4.84. The number of rotatable bonds is 2. The second-order valence-electron chi connectivity index (χ2n) is 1.73. The lowest BCUT2D eigenvalue weighted by atomic mass is 10.4. The van der Waals surface area contributed by atoms with E-state index in [4.69, 9.17) is 16.8 Å². The van der Waals surface area contributed by atoms with Crippen molar-refractivity contribution < 1.29 is 5.21 Å². The molecule has 0 aliphatic heterocycles. The number of anilines is 1. The van der Waals surface area contributed by atoms with Crippen molar-refractivity contribution in [2.45, 2.75) is 0 Å². The number of pyridine rings is 1. The minimum absolute atomic E-state index is 0.0473. The van der Waals surface area contributed by atoms with Crippen LogP contribution in [-0.2, 0) is 0 Å². The smallest absolute Gasteiger partial charge is 0.119 e. The van der Waals surface area contributed by atoms with Gasteiger partial charge in [0.2, 0.25) is 0 Å². The van der Waals surface area contributed by atoms with Crippen molar-refractivity contribution in [3.05, 3.63) is 24.5 Å². The molecule has 0 bridgehead atoms. The maximum Gasteiger partial charge on any atom is 0.119 e. The van der Waals surface area contributed by atoms with Gasteiger partial charge in [0.15, 0.2) is 0 Å². The lowest BCUT2D eigenvalue weighted by Crippen LogP contribution is -2.14. The van der Waals surface area contributed by atoms with Crippen molar-refractivity contribution in [3.63, 3.8) is 0 Å². The summed E-state index contributed by atoms with van der Waals surface area (Å²) in [6.07, 6.45) is 3.16. The van der Waals surface area contributed by atoms with Gasteiger partial charge in [-0.3, -0.25) is 10.2 Å². The fourth-order valence-electron chi connectivity index (χ4n) is 0.575. The molecule has 0 saturated heterocycles. The molecule has 0 fully saturated rings. The quantitative estimate of drug-likeness (QED) is 0.402. The highest BCUT2D eigenvalue weighted by molar-refractivity contribution is 6.18. The Kier molecular flexibility index (Phi) is 2.48. The zero-order valence-corrected chi connectivity index (χ0v) is 5.99. The van der Waals surface area contributed by atoms with Crippen molar-refractivity contribution in [1.82, 2.24) is 4.98 Å².